The summed E-state index contributed by atoms with van der Waals surface area (Å²) in [5, 5.41) is 43.9. The maximum atomic E-state index is 12.9. The molecule has 1 fully saturated rings. The zero-order valence-electron chi connectivity index (χ0n) is 27.7. The van der Waals surface area contributed by atoms with Crippen LogP contribution < -0.4 is 4.74 Å². The number of aliphatic hydroxyl groups excluding tert-OH is 3. The molecule has 2 aromatic carbocycles. The largest absolute Gasteiger partial charge is 0.504 e. The van der Waals surface area contributed by atoms with E-state index in [9.17, 15) is 30.0 Å². The van der Waals surface area contributed by atoms with E-state index in [0.29, 0.717) is 11.3 Å². The standard InChI is InChI=1S/C37H38N2O12/c1-4-20-23(16-26-31-22(13-14-38-26)21-7-5-6-8-25(21)39-31)24(35(45)47-3)17-49-36(20)51-37-34(44)33(43)32(42)29(50-37)18-48-30(41)12-10-19-9-11-27(40)28(15-19)46-2/h4-15,17,20,23,29,32-34,36-37,39-40,42-44H,1,16,18H2,2-3H3. The summed E-state index contributed by atoms with van der Waals surface area (Å²) in [6.07, 6.45) is -1.87. The highest BCUT2D eigenvalue weighted by atomic mass is 16.8. The first-order chi connectivity index (χ1) is 24.6. The van der Waals surface area contributed by atoms with Crippen molar-refractivity contribution in [2.75, 3.05) is 20.8 Å². The number of nitrogens with zero attached hydrogens (tertiary/aromatic N) is 1. The average molecular weight is 703 g/mol. The summed E-state index contributed by atoms with van der Waals surface area (Å²) >= 11 is 0. The summed E-state index contributed by atoms with van der Waals surface area (Å²) < 4.78 is 33.1. The third-order valence-electron chi connectivity index (χ3n) is 9.06. The summed E-state index contributed by atoms with van der Waals surface area (Å²) in [5.74, 6) is -2.60. The van der Waals surface area contributed by atoms with Gasteiger partial charge in [-0.05, 0) is 42.3 Å². The molecular weight excluding hydrogens is 664 g/mol. The fourth-order valence-electron chi connectivity index (χ4n) is 6.34. The maximum absolute atomic E-state index is 12.9. The van der Waals surface area contributed by atoms with Gasteiger partial charge in [-0.2, -0.15) is 0 Å². The Labute approximate surface area is 292 Å². The van der Waals surface area contributed by atoms with E-state index in [2.05, 4.69) is 16.5 Å². The number of hydrogen-bond donors (Lipinski definition) is 5. The van der Waals surface area contributed by atoms with E-state index in [4.69, 9.17) is 28.4 Å². The number of aromatic nitrogens is 2. The van der Waals surface area contributed by atoms with Crippen molar-refractivity contribution in [1.82, 2.24) is 9.97 Å². The molecule has 0 radical (unpaired) electrons. The number of fused-ring (bicyclic) bond motifs is 3. The number of hydrogen-bond acceptors (Lipinski definition) is 13. The number of phenols is 1. The van der Waals surface area contributed by atoms with Crippen LogP contribution in [0.25, 0.3) is 27.9 Å². The lowest BCUT2D eigenvalue weighted by Crippen LogP contribution is -2.60. The number of nitrogens with one attached hydrogen (secondary N) is 1. The Balaban J connectivity index is 1.18. The van der Waals surface area contributed by atoms with E-state index in [1.807, 2.05) is 30.3 Å². The topological polar surface area (TPSA) is 199 Å². The highest BCUT2D eigenvalue weighted by Crippen LogP contribution is 2.38. The van der Waals surface area contributed by atoms with Crippen LogP contribution in [0.15, 0.2) is 85.3 Å². The minimum atomic E-state index is -1.74. The lowest BCUT2D eigenvalue weighted by molar-refractivity contribution is -0.339. The Morgan fingerprint density at radius 1 is 1.02 bits per heavy atom. The highest BCUT2D eigenvalue weighted by molar-refractivity contribution is 6.07. The lowest BCUT2D eigenvalue weighted by Gasteiger charge is -2.43. The second-order valence-electron chi connectivity index (χ2n) is 12.1. The van der Waals surface area contributed by atoms with Crippen LogP contribution in [0.5, 0.6) is 11.5 Å². The zero-order chi connectivity index (χ0) is 36.2. The van der Waals surface area contributed by atoms with Gasteiger partial charge in [0, 0.05) is 40.4 Å². The van der Waals surface area contributed by atoms with Crippen molar-refractivity contribution in [1.29, 1.82) is 0 Å². The average Bonchev–Trinajstić information content (AvgIpc) is 3.53. The molecule has 5 N–H and O–H groups in total. The smallest absolute Gasteiger partial charge is 0.337 e. The number of phenolic OH excluding ortho intramolecular Hbond substituents is 1. The number of aromatic hydroxyl groups is 1. The van der Waals surface area contributed by atoms with Gasteiger partial charge in [-0.15, -0.1) is 6.58 Å². The summed E-state index contributed by atoms with van der Waals surface area (Å²) in [6.45, 7) is 3.45. The highest BCUT2D eigenvalue weighted by Gasteiger charge is 2.48. The molecule has 8 unspecified atom stereocenters. The molecule has 0 bridgehead atoms. The molecule has 2 aliphatic rings. The Bertz CT molecular complexity index is 1970. The van der Waals surface area contributed by atoms with Crippen LogP contribution >= 0.6 is 0 Å². The van der Waals surface area contributed by atoms with Crippen LogP contribution in [0.3, 0.4) is 0 Å². The third-order valence-corrected chi connectivity index (χ3v) is 9.06. The predicted octanol–water partition coefficient (Wildman–Crippen LogP) is 2.89. The van der Waals surface area contributed by atoms with Crippen molar-refractivity contribution in [2.45, 2.75) is 43.4 Å². The molecular formula is C37H38N2O12. The van der Waals surface area contributed by atoms with E-state index in [1.165, 1.54) is 38.7 Å². The van der Waals surface area contributed by atoms with Gasteiger partial charge in [0.15, 0.2) is 17.8 Å². The van der Waals surface area contributed by atoms with Crippen LogP contribution in [0.4, 0.5) is 0 Å². The first-order valence-corrected chi connectivity index (χ1v) is 16.1. The van der Waals surface area contributed by atoms with E-state index < -0.39 is 67.4 Å². The number of para-hydroxylation sites is 1. The fraction of sp³-hybridized carbons (Fsp3) is 0.324. The second-order valence-corrected chi connectivity index (χ2v) is 12.1. The van der Waals surface area contributed by atoms with Gasteiger partial charge in [-0.1, -0.05) is 30.3 Å². The van der Waals surface area contributed by atoms with Crippen LogP contribution in [0.2, 0.25) is 0 Å². The summed E-state index contributed by atoms with van der Waals surface area (Å²) in [6, 6.07) is 14.2. The molecule has 14 heteroatoms. The molecule has 0 spiro atoms. The van der Waals surface area contributed by atoms with Crippen molar-refractivity contribution in [3.05, 3.63) is 96.6 Å². The van der Waals surface area contributed by atoms with Crippen LogP contribution in [0, 0.1) is 11.8 Å². The van der Waals surface area contributed by atoms with E-state index in [-0.39, 0.29) is 23.5 Å². The first-order valence-electron chi connectivity index (χ1n) is 16.1. The van der Waals surface area contributed by atoms with Gasteiger partial charge in [0.05, 0.1) is 37.3 Å². The molecule has 14 nitrogen and oxygen atoms in total. The van der Waals surface area contributed by atoms with Gasteiger partial charge in [-0.3, -0.25) is 4.98 Å². The van der Waals surface area contributed by atoms with Gasteiger partial charge in [0.25, 0.3) is 0 Å². The molecule has 4 aromatic rings. The SMILES string of the molecule is C=CC1C(OC2OC(COC(=O)C=Cc3ccc(O)c(OC)c3)C(O)C(O)C2O)OC=C(C(=O)OC)C1Cc1nccc2c1[nH]c1ccccc12. The van der Waals surface area contributed by atoms with E-state index in [0.717, 1.165) is 27.9 Å². The minimum Gasteiger partial charge on any atom is -0.504 e. The van der Waals surface area contributed by atoms with Crippen molar-refractivity contribution >= 4 is 39.8 Å². The summed E-state index contributed by atoms with van der Waals surface area (Å²) in [5.41, 5.74) is 3.15. The zero-order valence-corrected chi connectivity index (χ0v) is 27.7. The third kappa shape index (κ3) is 7.31. The molecule has 51 heavy (non-hydrogen) atoms. The second kappa shape index (κ2) is 15.3. The minimum absolute atomic E-state index is 0.0633. The first kappa shape index (κ1) is 35.6. The number of carbonyl (C=O) groups excluding carboxylic acids is 2. The Morgan fingerprint density at radius 3 is 2.59 bits per heavy atom. The maximum Gasteiger partial charge on any atom is 0.337 e. The molecule has 6 rings (SSSR count). The number of methoxy groups -OCH3 is 2. The number of pyridine rings is 1. The predicted molar refractivity (Wildman–Crippen MR) is 182 cm³/mol. The molecule has 8 atom stereocenters. The number of benzene rings is 2. The monoisotopic (exact) mass is 702 g/mol. The van der Waals surface area contributed by atoms with Gasteiger partial charge in [0.2, 0.25) is 6.29 Å². The molecule has 1 saturated heterocycles. The number of carbonyl (C=O) groups is 2. The van der Waals surface area contributed by atoms with E-state index >= 15 is 0 Å². The van der Waals surface area contributed by atoms with Crippen LogP contribution in [-0.4, -0.2) is 100 Å². The number of rotatable bonds is 11. The number of ether oxygens (including phenoxy) is 6. The lowest BCUT2D eigenvalue weighted by atomic mass is 9.80. The Hall–Kier alpha value is -5.25. The number of aliphatic hydroxyl groups is 3. The van der Waals surface area contributed by atoms with E-state index in [1.54, 1.807) is 18.3 Å². The molecule has 0 saturated carbocycles. The molecule has 2 aliphatic heterocycles. The molecule has 0 amide bonds. The number of esters is 2. The number of H-pyrrole nitrogens is 1. The van der Waals surface area contributed by atoms with Gasteiger partial charge in [-0.25, -0.2) is 9.59 Å². The van der Waals surface area contributed by atoms with Crippen LogP contribution in [-0.2, 0) is 39.7 Å². The molecule has 268 valence electrons. The number of aromatic amines is 1. The molecule has 0 aliphatic carbocycles. The summed E-state index contributed by atoms with van der Waals surface area (Å²) in [4.78, 5) is 33.5. The fourth-order valence-corrected chi connectivity index (χ4v) is 6.34. The molecule has 4 heterocycles. The normalized spacial score (nSPS) is 26.4. The van der Waals surface area contributed by atoms with Crippen molar-refractivity contribution < 1.29 is 58.4 Å². The van der Waals surface area contributed by atoms with Crippen LogP contribution in [0.1, 0.15) is 11.3 Å². The van der Waals surface area contributed by atoms with Gasteiger partial charge >= 0.3 is 11.9 Å². The Kier molecular flexibility index (Phi) is 10.7. The van der Waals surface area contributed by atoms with Crippen molar-refractivity contribution in [3.63, 3.8) is 0 Å². The summed E-state index contributed by atoms with van der Waals surface area (Å²) in [7, 11) is 2.65. The van der Waals surface area contributed by atoms with Crippen molar-refractivity contribution in [2.24, 2.45) is 11.8 Å². The Morgan fingerprint density at radius 2 is 1.82 bits per heavy atom. The quantitative estimate of drug-likeness (QED) is 0.0870. The van der Waals surface area contributed by atoms with Gasteiger partial charge in [0.1, 0.15) is 31.0 Å². The van der Waals surface area contributed by atoms with Crippen molar-refractivity contribution in [3.8, 4) is 11.5 Å². The van der Waals surface area contributed by atoms with Gasteiger partial charge < -0.3 is 53.8 Å². The molecule has 2 aromatic heterocycles.